The van der Waals surface area contributed by atoms with E-state index in [0.717, 1.165) is 33.4 Å². The molecule has 4 aromatic rings. The number of aliphatic hydroxyl groups is 1. The van der Waals surface area contributed by atoms with E-state index < -0.39 is 20.0 Å². The second kappa shape index (κ2) is 12.8. The number of nitrogens with zero attached hydrogens (tertiary/aromatic N) is 5. The number of hydrogen-bond donors (Lipinski definition) is 2. The first-order valence-corrected chi connectivity index (χ1v) is 19.3. The van der Waals surface area contributed by atoms with Crippen molar-refractivity contribution in [3.63, 3.8) is 0 Å². The molecule has 1 spiro atoms. The van der Waals surface area contributed by atoms with Gasteiger partial charge in [0.15, 0.2) is 13.9 Å². The Balaban J connectivity index is 1.33. The van der Waals surface area contributed by atoms with E-state index in [0.29, 0.717) is 30.8 Å². The summed E-state index contributed by atoms with van der Waals surface area (Å²) in [6.45, 7) is 6.62. The van der Waals surface area contributed by atoms with Gasteiger partial charge in [-0.3, -0.25) is 19.2 Å². The van der Waals surface area contributed by atoms with E-state index in [4.69, 9.17) is 4.74 Å². The summed E-state index contributed by atoms with van der Waals surface area (Å²) in [4.78, 5) is 41.9. The van der Waals surface area contributed by atoms with E-state index in [2.05, 4.69) is 26.2 Å². The van der Waals surface area contributed by atoms with E-state index in [1.807, 2.05) is 99.0 Å². The summed E-state index contributed by atoms with van der Waals surface area (Å²) >= 11 is 3.62. The first-order chi connectivity index (χ1) is 22.1. The highest BCUT2D eigenvalue weighted by Gasteiger charge is 2.66. The first kappa shape index (κ1) is 32.3. The van der Waals surface area contributed by atoms with Crippen molar-refractivity contribution in [1.82, 2.24) is 15.0 Å². The predicted molar refractivity (Wildman–Crippen MR) is 181 cm³/mol. The number of benzene rings is 3. The van der Waals surface area contributed by atoms with Crippen LogP contribution < -0.4 is 9.80 Å². The van der Waals surface area contributed by atoms with E-state index in [1.54, 1.807) is 14.5 Å². The number of carbonyl (C=O) groups excluding carboxylic acids is 2. The van der Waals surface area contributed by atoms with Gasteiger partial charge in [-0.1, -0.05) is 58.4 Å². The molecule has 240 valence electrons. The number of para-hydroxylation sites is 1. The van der Waals surface area contributed by atoms with Crippen molar-refractivity contribution in [2.24, 2.45) is 5.92 Å². The smallest absolute Gasteiger partial charge is 0.264 e. The summed E-state index contributed by atoms with van der Waals surface area (Å²) in [5.41, 5.74) is 3.07. The average Bonchev–Trinajstić information content (AvgIpc) is 3.67. The highest BCUT2D eigenvalue weighted by molar-refractivity contribution is 9.10. The second-order valence-corrected chi connectivity index (χ2v) is 17.5. The van der Waals surface area contributed by atoms with Crippen LogP contribution in [0.25, 0.3) is 0 Å². The fourth-order valence-corrected chi connectivity index (χ4v) is 10.2. The normalized spacial score (nSPS) is 22.4. The Morgan fingerprint density at radius 3 is 2.57 bits per heavy atom. The van der Waals surface area contributed by atoms with Crippen molar-refractivity contribution in [1.29, 1.82) is 0 Å². The minimum atomic E-state index is -2.83. The maximum absolute atomic E-state index is 14.8. The minimum absolute atomic E-state index is 0.00289. The number of halogens is 1. The molecule has 6 rings (SSSR count). The molecule has 1 saturated heterocycles. The average molecular weight is 705 g/mol. The minimum Gasteiger partial charge on any atom is -0.432 e. The van der Waals surface area contributed by atoms with Crippen LogP contribution in [0.3, 0.4) is 0 Å². The van der Waals surface area contributed by atoms with Gasteiger partial charge in [0.05, 0.1) is 24.0 Å². The number of carbonyl (C=O) groups is 2. The van der Waals surface area contributed by atoms with E-state index >= 15 is 0 Å². The Morgan fingerprint density at radius 2 is 1.85 bits per heavy atom. The lowest BCUT2D eigenvalue weighted by Crippen LogP contribution is -2.46. The van der Waals surface area contributed by atoms with Gasteiger partial charge in [0, 0.05) is 58.6 Å². The lowest BCUT2D eigenvalue weighted by atomic mass is 9.82. The molecular formula is C34H38BrN5O5Si. The van der Waals surface area contributed by atoms with Crippen molar-refractivity contribution in [2.45, 2.75) is 63.2 Å². The van der Waals surface area contributed by atoms with Crippen LogP contribution >= 0.6 is 15.9 Å². The number of anilines is 3. The van der Waals surface area contributed by atoms with Crippen LogP contribution in [0.4, 0.5) is 17.1 Å². The van der Waals surface area contributed by atoms with Crippen LogP contribution in [0, 0.1) is 5.92 Å². The van der Waals surface area contributed by atoms with Crippen LogP contribution in [-0.4, -0.2) is 58.2 Å². The molecule has 0 radical (unpaired) electrons. The summed E-state index contributed by atoms with van der Waals surface area (Å²) in [5.74, 6) is -0.462. The van der Waals surface area contributed by atoms with Crippen LogP contribution in [0.1, 0.15) is 30.2 Å². The molecule has 0 aliphatic carbocycles. The fourth-order valence-electron chi connectivity index (χ4n) is 7.26. The van der Waals surface area contributed by atoms with Crippen LogP contribution in [-0.2, 0) is 39.4 Å². The predicted octanol–water partition coefficient (Wildman–Crippen LogP) is 5.30. The highest BCUT2D eigenvalue weighted by atomic mass is 79.9. The number of aromatic nitrogens is 3. The molecule has 2 N–H and O–H groups in total. The molecular weight excluding hydrogens is 666 g/mol. The molecule has 12 heteroatoms. The van der Waals surface area contributed by atoms with Crippen LogP contribution in [0.15, 0.2) is 83.5 Å². The third-order valence-electron chi connectivity index (χ3n) is 9.21. The Morgan fingerprint density at radius 1 is 1.09 bits per heavy atom. The third kappa shape index (κ3) is 5.84. The zero-order valence-electron chi connectivity index (χ0n) is 26.1. The number of aryl methyl sites for hydroxylation is 1. The van der Waals surface area contributed by atoms with Crippen molar-refractivity contribution < 1.29 is 24.2 Å². The molecule has 1 aromatic heterocycles. The monoisotopic (exact) mass is 703 g/mol. The van der Waals surface area contributed by atoms with Crippen molar-refractivity contribution in [3.8, 4) is 0 Å². The third-order valence-corrected chi connectivity index (χ3v) is 12.2. The maximum atomic E-state index is 14.8. The van der Waals surface area contributed by atoms with E-state index in [1.165, 1.54) is 0 Å². The van der Waals surface area contributed by atoms with Crippen LogP contribution in [0.5, 0.6) is 0 Å². The summed E-state index contributed by atoms with van der Waals surface area (Å²) in [6, 6.07) is 22.9. The van der Waals surface area contributed by atoms with Gasteiger partial charge < -0.3 is 19.5 Å². The van der Waals surface area contributed by atoms with Gasteiger partial charge in [0.25, 0.3) is 5.91 Å². The number of rotatable bonds is 11. The van der Waals surface area contributed by atoms with Gasteiger partial charge in [-0.05, 0) is 67.5 Å². The zero-order chi connectivity index (χ0) is 32.6. The quantitative estimate of drug-likeness (QED) is 0.161. The Kier molecular flexibility index (Phi) is 9.01. The largest absolute Gasteiger partial charge is 0.432 e. The van der Waals surface area contributed by atoms with E-state index in [9.17, 15) is 19.5 Å². The van der Waals surface area contributed by atoms with Gasteiger partial charge in [0.2, 0.25) is 6.41 Å². The molecule has 0 unspecified atom stereocenters. The second-order valence-electron chi connectivity index (χ2n) is 12.6. The lowest BCUT2D eigenvalue weighted by molar-refractivity contribution is -0.146. The fraction of sp³-hybridized carbons (Fsp3) is 0.353. The summed E-state index contributed by atoms with van der Waals surface area (Å²) in [6.07, 6.45) is 3.18. The number of ether oxygens (including phenoxy) is 1. The standard InChI is InChI=1S/C34H38BrN5O5Si/c1-23-32(46(2,3)44)31(14-16-38-21-26(15-17-41)36-37-38)45-34(23)29-19-25(35)12-13-30(29)39(33(34)43)20-24-8-7-11-28(18-24)40(22-42)27-9-5-4-6-10-27/h4-13,18-19,21-23,31-32,41,44H,14-17,20H2,1-3H3/t23-,31+,32-,34+/m0/s1. The molecule has 2 aliphatic rings. The van der Waals surface area contributed by atoms with Gasteiger partial charge in [-0.25, -0.2) is 0 Å². The van der Waals surface area contributed by atoms with Crippen molar-refractivity contribution in [2.75, 3.05) is 16.4 Å². The Labute approximate surface area is 277 Å². The molecule has 1 fully saturated rings. The summed E-state index contributed by atoms with van der Waals surface area (Å²) in [7, 11) is -2.83. The molecule has 46 heavy (non-hydrogen) atoms. The van der Waals surface area contributed by atoms with Gasteiger partial charge >= 0.3 is 0 Å². The molecule has 4 atom stereocenters. The molecule has 0 saturated carbocycles. The number of hydrogen-bond acceptors (Lipinski definition) is 7. The first-order valence-electron chi connectivity index (χ1n) is 15.5. The Bertz CT molecular complexity index is 1730. The topological polar surface area (TPSA) is 121 Å². The molecule has 2 amide bonds. The number of fused-ring (bicyclic) bond motifs is 2. The molecule has 10 nitrogen and oxygen atoms in total. The molecule has 3 aromatic carbocycles. The number of aliphatic hydroxyl groups excluding tert-OH is 1. The maximum Gasteiger partial charge on any atom is 0.264 e. The zero-order valence-corrected chi connectivity index (χ0v) is 28.7. The van der Waals surface area contributed by atoms with Gasteiger partial charge in [0.1, 0.15) is 0 Å². The molecule has 2 aliphatic heterocycles. The van der Waals surface area contributed by atoms with E-state index in [-0.39, 0.29) is 30.5 Å². The molecule has 3 heterocycles. The van der Waals surface area contributed by atoms with Gasteiger partial charge in [-0.15, -0.1) is 5.10 Å². The number of amides is 2. The summed E-state index contributed by atoms with van der Waals surface area (Å²) < 4.78 is 9.51. The van der Waals surface area contributed by atoms with Crippen molar-refractivity contribution >= 4 is 53.6 Å². The van der Waals surface area contributed by atoms with Crippen molar-refractivity contribution in [3.05, 3.63) is 100 Å². The lowest BCUT2D eigenvalue weighted by Gasteiger charge is -2.32. The SMILES string of the molecule is C[C@H]1[C@H]([Si](C)(C)O)[C@@H](CCn2cc(CCO)nn2)O[C@]12C(=O)N(Cc1cccc(N(C=O)c3ccccc3)c1)c1ccc(Br)cc12. The summed E-state index contributed by atoms with van der Waals surface area (Å²) in [5, 5.41) is 17.6. The Hall–Kier alpha value is -3.68. The van der Waals surface area contributed by atoms with Crippen LogP contribution in [0.2, 0.25) is 18.6 Å². The van der Waals surface area contributed by atoms with Gasteiger partial charge in [-0.2, -0.15) is 0 Å². The molecule has 0 bridgehead atoms. The highest BCUT2D eigenvalue weighted by Crippen LogP contribution is 2.60.